The zero-order valence-electron chi connectivity index (χ0n) is 16.3. The van der Waals surface area contributed by atoms with E-state index in [-0.39, 0.29) is 42.1 Å². The van der Waals surface area contributed by atoms with Crippen LogP contribution in [0.2, 0.25) is 0 Å². The highest BCUT2D eigenvalue weighted by Gasteiger charge is 2.07. The molecule has 1 aromatic carbocycles. The number of hydrogen-bond donors (Lipinski definition) is 3. The number of amides is 1. The maximum absolute atomic E-state index is 12.9. The van der Waals surface area contributed by atoms with Gasteiger partial charge in [0.1, 0.15) is 10.8 Å². The van der Waals surface area contributed by atoms with Crippen molar-refractivity contribution in [2.45, 2.75) is 32.7 Å². The summed E-state index contributed by atoms with van der Waals surface area (Å²) < 4.78 is 12.9. The average Bonchev–Trinajstić information content (AvgIpc) is 3.12. The van der Waals surface area contributed by atoms with Gasteiger partial charge in [0, 0.05) is 25.5 Å². The van der Waals surface area contributed by atoms with E-state index in [1.807, 2.05) is 0 Å². The molecule has 2 aromatic rings. The fourth-order valence-electron chi connectivity index (χ4n) is 2.28. The predicted molar refractivity (Wildman–Crippen MR) is 123 cm³/mol. The summed E-state index contributed by atoms with van der Waals surface area (Å²) in [5.74, 6) is 0.672. The van der Waals surface area contributed by atoms with Gasteiger partial charge in [-0.1, -0.05) is 26.0 Å². The topological polar surface area (TPSA) is 78.4 Å². The molecule has 0 saturated carbocycles. The van der Waals surface area contributed by atoms with Gasteiger partial charge in [0.2, 0.25) is 5.91 Å². The van der Waals surface area contributed by atoms with E-state index in [1.165, 1.54) is 12.1 Å². The molecule has 3 N–H and O–H groups in total. The third-order valence-electron chi connectivity index (χ3n) is 3.81. The van der Waals surface area contributed by atoms with Crippen LogP contribution in [-0.2, 0) is 17.8 Å². The monoisotopic (exact) mass is 519 g/mol. The van der Waals surface area contributed by atoms with Crippen LogP contribution in [0, 0.1) is 5.82 Å². The number of hydrogen-bond acceptors (Lipinski definition) is 4. The largest absolute Gasteiger partial charge is 0.355 e. The lowest BCUT2D eigenvalue weighted by Crippen LogP contribution is -2.41. The molecule has 28 heavy (non-hydrogen) atoms. The third-order valence-corrected chi connectivity index (χ3v) is 4.68. The first-order valence-corrected chi connectivity index (χ1v) is 9.76. The van der Waals surface area contributed by atoms with Gasteiger partial charge in [-0.05, 0) is 23.6 Å². The number of carbonyl (C=O) groups excluding carboxylic acids is 1. The SMILES string of the molecule is CN=C(NCCNC(=O)Cc1ccc(F)cc1)NCc1nc(C(C)C)cs1.I. The zero-order valence-corrected chi connectivity index (χ0v) is 19.4. The first-order valence-electron chi connectivity index (χ1n) is 8.88. The molecule has 1 amide bonds. The van der Waals surface area contributed by atoms with E-state index in [2.05, 4.69) is 45.2 Å². The number of benzene rings is 1. The molecular formula is C19H27FIN5OS. The molecule has 0 unspecified atom stereocenters. The summed E-state index contributed by atoms with van der Waals surface area (Å²) in [7, 11) is 1.70. The first kappa shape index (κ1) is 24.3. The van der Waals surface area contributed by atoms with Crippen molar-refractivity contribution < 1.29 is 9.18 Å². The summed E-state index contributed by atoms with van der Waals surface area (Å²) in [4.78, 5) is 20.6. The van der Waals surface area contributed by atoms with Crippen molar-refractivity contribution in [3.05, 3.63) is 51.7 Å². The van der Waals surface area contributed by atoms with E-state index in [4.69, 9.17) is 0 Å². The number of guanidine groups is 1. The van der Waals surface area contributed by atoms with Crippen LogP contribution >= 0.6 is 35.3 Å². The summed E-state index contributed by atoms with van der Waals surface area (Å²) in [6.45, 7) is 5.86. The molecule has 1 heterocycles. The van der Waals surface area contributed by atoms with E-state index in [9.17, 15) is 9.18 Å². The van der Waals surface area contributed by atoms with Crippen molar-refractivity contribution in [1.29, 1.82) is 0 Å². The molecule has 0 saturated heterocycles. The molecule has 0 aliphatic heterocycles. The number of aromatic nitrogens is 1. The highest BCUT2D eigenvalue weighted by atomic mass is 127. The number of aliphatic imine (C=N–C) groups is 1. The molecule has 0 bridgehead atoms. The quantitative estimate of drug-likeness (QED) is 0.217. The summed E-state index contributed by atoms with van der Waals surface area (Å²) >= 11 is 1.63. The number of carbonyl (C=O) groups is 1. The standard InChI is InChI=1S/C19H26FN5OS.HI/c1-13(2)16-12-27-18(25-16)11-24-19(21-3)23-9-8-22-17(26)10-14-4-6-15(20)7-5-14;/h4-7,12-13H,8-11H2,1-3H3,(H,22,26)(H2,21,23,24);1H. The number of halogens is 2. The Bertz CT molecular complexity index is 764. The Kier molecular flexibility index (Phi) is 11.0. The Morgan fingerprint density at radius 1 is 1.18 bits per heavy atom. The van der Waals surface area contributed by atoms with Crippen LogP contribution in [0.1, 0.15) is 36.0 Å². The third kappa shape index (κ3) is 8.51. The Morgan fingerprint density at radius 2 is 1.86 bits per heavy atom. The number of thiazole rings is 1. The van der Waals surface area contributed by atoms with Gasteiger partial charge in [0.15, 0.2) is 5.96 Å². The van der Waals surface area contributed by atoms with Gasteiger partial charge in [0.05, 0.1) is 18.7 Å². The van der Waals surface area contributed by atoms with Crippen molar-refractivity contribution in [1.82, 2.24) is 20.9 Å². The number of nitrogens with one attached hydrogen (secondary N) is 3. The summed E-state index contributed by atoms with van der Waals surface area (Å²) in [6, 6.07) is 5.93. The minimum absolute atomic E-state index is 0. The predicted octanol–water partition coefficient (Wildman–Crippen LogP) is 3.05. The molecule has 0 aliphatic rings. The zero-order chi connectivity index (χ0) is 19.6. The minimum Gasteiger partial charge on any atom is -0.355 e. The fourth-order valence-corrected chi connectivity index (χ4v) is 3.18. The van der Waals surface area contributed by atoms with Crippen LogP contribution in [0.25, 0.3) is 0 Å². The van der Waals surface area contributed by atoms with E-state index in [1.54, 1.807) is 30.5 Å². The molecule has 0 atom stereocenters. The molecule has 0 aliphatic carbocycles. The molecule has 0 spiro atoms. The summed E-state index contributed by atoms with van der Waals surface area (Å²) in [6.07, 6.45) is 0.232. The molecular weight excluding hydrogens is 492 g/mol. The summed E-state index contributed by atoms with van der Waals surface area (Å²) in [5.41, 5.74) is 1.88. The lowest BCUT2D eigenvalue weighted by Gasteiger charge is -2.11. The highest BCUT2D eigenvalue weighted by Crippen LogP contribution is 2.17. The molecule has 1 aromatic heterocycles. The summed E-state index contributed by atoms with van der Waals surface area (Å²) in [5, 5.41) is 12.3. The van der Waals surface area contributed by atoms with Gasteiger partial charge in [-0.15, -0.1) is 35.3 Å². The first-order chi connectivity index (χ1) is 13.0. The molecule has 9 heteroatoms. The lowest BCUT2D eigenvalue weighted by molar-refractivity contribution is -0.120. The van der Waals surface area contributed by atoms with Crippen molar-refractivity contribution in [3.63, 3.8) is 0 Å². The Balaban J connectivity index is 0.00000392. The second-order valence-corrected chi connectivity index (χ2v) is 7.27. The van der Waals surface area contributed by atoms with Crippen LogP contribution in [0.15, 0.2) is 34.6 Å². The van der Waals surface area contributed by atoms with Crippen LogP contribution < -0.4 is 16.0 Å². The maximum Gasteiger partial charge on any atom is 0.224 e. The van der Waals surface area contributed by atoms with E-state index in [0.29, 0.717) is 31.5 Å². The van der Waals surface area contributed by atoms with Crippen LogP contribution in [-0.4, -0.2) is 37.0 Å². The van der Waals surface area contributed by atoms with Crippen molar-refractivity contribution in [3.8, 4) is 0 Å². The highest BCUT2D eigenvalue weighted by molar-refractivity contribution is 14.0. The Labute approximate surface area is 186 Å². The molecule has 0 radical (unpaired) electrons. The van der Waals surface area contributed by atoms with E-state index in [0.717, 1.165) is 16.3 Å². The minimum atomic E-state index is -0.305. The fraction of sp³-hybridized carbons (Fsp3) is 0.421. The number of nitrogens with zero attached hydrogens (tertiary/aromatic N) is 2. The van der Waals surface area contributed by atoms with Crippen LogP contribution in [0.3, 0.4) is 0 Å². The van der Waals surface area contributed by atoms with Gasteiger partial charge in [-0.3, -0.25) is 9.79 Å². The van der Waals surface area contributed by atoms with Gasteiger partial charge < -0.3 is 16.0 Å². The number of rotatable bonds is 8. The maximum atomic E-state index is 12.9. The molecule has 6 nitrogen and oxygen atoms in total. The van der Waals surface area contributed by atoms with Gasteiger partial charge in [-0.2, -0.15) is 0 Å². The Morgan fingerprint density at radius 3 is 2.46 bits per heavy atom. The normalized spacial score (nSPS) is 11.1. The van der Waals surface area contributed by atoms with Crippen molar-refractivity contribution >= 4 is 47.2 Å². The van der Waals surface area contributed by atoms with Crippen molar-refractivity contribution in [2.75, 3.05) is 20.1 Å². The second kappa shape index (κ2) is 12.7. The Hall–Kier alpha value is -1.75. The molecule has 2 rings (SSSR count). The average molecular weight is 519 g/mol. The van der Waals surface area contributed by atoms with Gasteiger partial charge in [0.25, 0.3) is 0 Å². The smallest absolute Gasteiger partial charge is 0.224 e. The van der Waals surface area contributed by atoms with Crippen molar-refractivity contribution in [2.24, 2.45) is 4.99 Å². The van der Waals surface area contributed by atoms with Crippen LogP contribution in [0.5, 0.6) is 0 Å². The second-order valence-electron chi connectivity index (χ2n) is 6.33. The van der Waals surface area contributed by atoms with Gasteiger partial charge >= 0.3 is 0 Å². The van der Waals surface area contributed by atoms with E-state index < -0.39 is 0 Å². The van der Waals surface area contributed by atoms with Gasteiger partial charge in [-0.25, -0.2) is 9.37 Å². The molecule has 154 valence electrons. The van der Waals surface area contributed by atoms with Crippen LogP contribution in [0.4, 0.5) is 4.39 Å². The lowest BCUT2D eigenvalue weighted by atomic mass is 10.1. The van der Waals surface area contributed by atoms with E-state index >= 15 is 0 Å². The molecule has 0 fully saturated rings.